The van der Waals surface area contributed by atoms with Crippen molar-refractivity contribution in [3.63, 3.8) is 0 Å². The van der Waals surface area contributed by atoms with E-state index in [0.717, 1.165) is 17.5 Å². The van der Waals surface area contributed by atoms with Crippen molar-refractivity contribution in [2.75, 3.05) is 5.75 Å². The molecule has 18 heavy (non-hydrogen) atoms. The van der Waals surface area contributed by atoms with Crippen molar-refractivity contribution in [1.82, 2.24) is 9.55 Å². The highest BCUT2D eigenvalue weighted by Gasteiger charge is 2.26. The zero-order valence-electron chi connectivity index (χ0n) is 10.9. The normalized spacial score (nSPS) is 23.4. The number of nitrogens with zero attached hydrogens (tertiary/aromatic N) is 2. The predicted octanol–water partition coefficient (Wildman–Crippen LogP) is 2.98. The van der Waals surface area contributed by atoms with E-state index in [4.69, 9.17) is 5.11 Å². The molecule has 1 aliphatic rings. The molecule has 1 aliphatic carbocycles. The summed E-state index contributed by atoms with van der Waals surface area (Å²) in [5, 5.41) is 9.65. The van der Waals surface area contributed by atoms with Crippen LogP contribution in [0.3, 0.4) is 0 Å². The van der Waals surface area contributed by atoms with Crippen LogP contribution in [0.2, 0.25) is 0 Å². The van der Waals surface area contributed by atoms with Gasteiger partial charge in [0.15, 0.2) is 5.16 Å². The molecule has 1 heterocycles. The van der Waals surface area contributed by atoms with E-state index in [2.05, 4.69) is 23.4 Å². The zero-order valence-corrected chi connectivity index (χ0v) is 11.7. The summed E-state index contributed by atoms with van der Waals surface area (Å²) in [6.07, 6.45) is 6.48. The van der Waals surface area contributed by atoms with E-state index in [-0.39, 0.29) is 5.75 Å². The molecule has 4 nitrogen and oxygen atoms in total. The van der Waals surface area contributed by atoms with E-state index < -0.39 is 5.97 Å². The third kappa shape index (κ3) is 2.88. The molecule has 1 aromatic rings. The van der Waals surface area contributed by atoms with Gasteiger partial charge in [0.25, 0.3) is 0 Å². The molecule has 0 aromatic carbocycles. The molecule has 1 N–H and O–H groups in total. The third-order valence-electron chi connectivity index (χ3n) is 3.56. The monoisotopic (exact) mass is 268 g/mol. The summed E-state index contributed by atoms with van der Waals surface area (Å²) in [6, 6.07) is 0.508. The highest BCUT2D eigenvalue weighted by atomic mass is 32.2. The molecule has 0 aliphatic heterocycles. The number of carboxylic acids is 1. The maximum atomic E-state index is 10.7. The van der Waals surface area contributed by atoms with Crippen molar-refractivity contribution < 1.29 is 9.90 Å². The Bertz CT molecular complexity index is 431. The summed E-state index contributed by atoms with van der Waals surface area (Å²) < 4.78 is 2.27. The molecule has 1 fully saturated rings. The second-order valence-corrected chi connectivity index (χ2v) is 5.95. The van der Waals surface area contributed by atoms with E-state index in [9.17, 15) is 4.79 Å². The first-order valence-electron chi connectivity index (χ1n) is 6.52. The van der Waals surface area contributed by atoms with Gasteiger partial charge in [0.2, 0.25) is 0 Å². The highest BCUT2D eigenvalue weighted by Crippen LogP contribution is 2.37. The summed E-state index contributed by atoms with van der Waals surface area (Å²) >= 11 is 1.33. The Balaban J connectivity index is 2.19. The largest absolute Gasteiger partial charge is 0.481 e. The van der Waals surface area contributed by atoms with Crippen LogP contribution in [-0.4, -0.2) is 26.4 Å². The summed E-state index contributed by atoms with van der Waals surface area (Å²) in [7, 11) is 0. The molecular formula is C13H20N2O2S. The average molecular weight is 268 g/mol. The van der Waals surface area contributed by atoms with Crippen LogP contribution in [0.4, 0.5) is 0 Å². The van der Waals surface area contributed by atoms with E-state index >= 15 is 0 Å². The van der Waals surface area contributed by atoms with Crippen LogP contribution in [0.5, 0.6) is 0 Å². The van der Waals surface area contributed by atoms with Crippen LogP contribution in [0, 0.1) is 5.92 Å². The van der Waals surface area contributed by atoms with Gasteiger partial charge in [0.05, 0.1) is 5.75 Å². The fourth-order valence-electron chi connectivity index (χ4n) is 2.67. The Morgan fingerprint density at radius 3 is 2.94 bits per heavy atom. The van der Waals surface area contributed by atoms with Crippen molar-refractivity contribution in [3.8, 4) is 0 Å². The van der Waals surface area contributed by atoms with E-state index in [1.807, 2.05) is 6.20 Å². The molecular weight excluding hydrogens is 248 g/mol. The number of carbonyl (C=O) groups is 1. The number of hydrogen-bond donors (Lipinski definition) is 1. The Labute approximate surface area is 112 Å². The number of aromatic nitrogens is 2. The number of imidazole rings is 1. The van der Waals surface area contributed by atoms with E-state index in [1.54, 1.807) is 0 Å². The van der Waals surface area contributed by atoms with Gasteiger partial charge in [-0.15, -0.1) is 0 Å². The molecule has 2 rings (SSSR count). The lowest BCUT2D eigenvalue weighted by Gasteiger charge is -2.17. The number of aliphatic carboxylic acids is 1. The minimum atomic E-state index is -0.785. The van der Waals surface area contributed by atoms with Gasteiger partial charge in [-0.3, -0.25) is 4.79 Å². The first kappa shape index (κ1) is 13.5. The molecule has 100 valence electrons. The highest BCUT2D eigenvalue weighted by molar-refractivity contribution is 7.99. The zero-order chi connectivity index (χ0) is 13.1. The minimum absolute atomic E-state index is 0.0858. The van der Waals surface area contributed by atoms with Crippen molar-refractivity contribution in [1.29, 1.82) is 0 Å². The average Bonchev–Trinajstić information content (AvgIpc) is 2.91. The number of aryl methyl sites for hydroxylation is 1. The molecule has 5 heteroatoms. The molecule has 0 spiro atoms. The molecule has 0 radical (unpaired) electrons. The first-order valence-corrected chi connectivity index (χ1v) is 7.51. The second-order valence-electron chi connectivity index (χ2n) is 5.01. The number of hydrogen-bond acceptors (Lipinski definition) is 3. The minimum Gasteiger partial charge on any atom is -0.481 e. The Hall–Kier alpha value is -0.970. The van der Waals surface area contributed by atoms with Gasteiger partial charge in [0.1, 0.15) is 0 Å². The molecule has 2 atom stereocenters. The maximum Gasteiger partial charge on any atom is 0.313 e. The van der Waals surface area contributed by atoms with Gasteiger partial charge in [-0.1, -0.05) is 25.6 Å². The Morgan fingerprint density at radius 2 is 2.39 bits per heavy atom. The summed E-state index contributed by atoms with van der Waals surface area (Å²) in [4.78, 5) is 15.1. The lowest BCUT2D eigenvalue weighted by molar-refractivity contribution is -0.133. The summed E-state index contributed by atoms with van der Waals surface area (Å²) in [6.45, 7) is 4.41. The van der Waals surface area contributed by atoms with Crippen LogP contribution in [0.1, 0.15) is 44.8 Å². The second kappa shape index (κ2) is 5.78. The van der Waals surface area contributed by atoms with Crippen molar-refractivity contribution >= 4 is 17.7 Å². The smallest absolute Gasteiger partial charge is 0.313 e. The quantitative estimate of drug-likeness (QED) is 0.834. The van der Waals surface area contributed by atoms with Gasteiger partial charge < -0.3 is 9.67 Å². The van der Waals surface area contributed by atoms with Crippen molar-refractivity contribution in [2.24, 2.45) is 5.92 Å². The molecule has 1 saturated carbocycles. The standard InChI is InChI=1S/C13H20N2O2S/c1-3-10-7-14-13(18-8-12(16)17)15(10)11-5-4-9(2)6-11/h7,9,11H,3-6,8H2,1-2H3,(H,16,17). The van der Waals surface area contributed by atoms with Gasteiger partial charge >= 0.3 is 5.97 Å². The van der Waals surface area contributed by atoms with Gasteiger partial charge in [-0.05, 0) is 31.6 Å². The first-order chi connectivity index (χ1) is 8.61. The van der Waals surface area contributed by atoms with Gasteiger partial charge in [0, 0.05) is 17.9 Å². The molecule has 0 bridgehead atoms. The van der Waals surface area contributed by atoms with Crippen molar-refractivity contribution in [2.45, 2.75) is 50.7 Å². The van der Waals surface area contributed by atoms with Crippen LogP contribution in [-0.2, 0) is 11.2 Å². The fourth-order valence-corrected chi connectivity index (χ4v) is 3.46. The van der Waals surface area contributed by atoms with Crippen LogP contribution < -0.4 is 0 Å². The van der Waals surface area contributed by atoms with E-state index in [1.165, 1.54) is 36.7 Å². The number of carboxylic acid groups (broad SMARTS) is 1. The lowest BCUT2D eigenvalue weighted by Crippen LogP contribution is -2.11. The summed E-state index contributed by atoms with van der Waals surface area (Å²) in [5.41, 5.74) is 1.22. The van der Waals surface area contributed by atoms with Crippen LogP contribution in [0.25, 0.3) is 0 Å². The van der Waals surface area contributed by atoms with Crippen molar-refractivity contribution in [3.05, 3.63) is 11.9 Å². The SMILES string of the molecule is CCc1cnc(SCC(=O)O)n1C1CCC(C)C1. The fraction of sp³-hybridized carbons (Fsp3) is 0.692. The number of thioether (sulfide) groups is 1. The lowest BCUT2D eigenvalue weighted by atomic mass is 10.1. The topological polar surface area (TPSA) is 55.1 Å². The van der Waals surface area contributed by atoms with Crippen LogP contribution in [0.15, 0.2) is 11.4 Å². The Kier molecular flexibility index (Phi) is 4.32. The van der Waals surface area contributed by atoms with Gasteiger partial charge in [-0.2, -0.15) is 0 Å². The van der Waals surface area contributed by atoms with E-state index in [0.29, 0.717) is 6.04 Å². The van der Waals surface area contributed by atoms with Gasteiger partial charge in [-0.25, -0.2) is 4.98 Å². The number of rotatable bonds is 5. The predicted molar refractivity (Wildman–Crippen MR) is 72.0 cm³/mol. The Morgan fingerprint density at radius 1 is 1.61 bits per heavy atom. The summed E-state index contributed by atoms with van der Waals surface area (Å²) in [5.74, 6) is 0.0643. The molecule has 1 aromatic heterocycles. The molecule has 0 saturated heterocycles. The molecule has 0 amide bonds. The molecule has 2 unspecified atom stereocenters. The third-order valence-corrected chi connectivity index (χ3v) is 4.51. The van der Waals surface area contributed by atoms with Crippen LogP contribution >= 0.6 is 11.8 Å². The maximum absolute atomic E-state index is 10.7.